The van der Waals surface area contributed by atoms with Crippen molar-refractivity contribution in [2.75, 3.05) is 19.3 Å². The Hall–Kier alpha value is -1.60. The number of likely N-dealkylation sites (N-methyl/N-ethyl adjacent to an activating group) is 1. The standard InChI is InChI=1S/C12H19N3O3S/c1-4-15(3)12(16)9(2)14-19(17,18)11-8-6-5-7-10(11)13/h5-9,14H,4,13H2,1-3H3. The van der Waals surface area contributed by atoms with E-state index >= 15 is 0 Å². The third kappa shape index (κ3) is 3.68. The van der Waals surface area contributed by atoms with Gasteiger partial charge in [-0.1, -0.05) is 12.1 Å². The van der Waals surface area contributed by atoms with Crippen LogP contribution >= 0.6 is 0 Å². The second kappa shape index (κ2) is 6.03. The number of benzene rings is 1. The van der Waals surface area contributed by atoms with E-state index in [1.54, 1.807) is 19.2 Å². The minimum atomic E-state index is -3.80. The van der Waals surface area contributed by atoms with Crippen LogP contribution in [0.25, 0.3) is 0 Å². The Morgan fingerprint density at radius 1 is 1.42 bits per heavy atom. The first-order valence-electron chi connectivity index (χ1n) is 5.91. The maximum Gasteiger partial charge on any atom is 0.243 e. The van der Waals surface area contributed by atoms with Gasteiger partial charge in [0.05, 0.1) is 11.7 Å². The molecule has 0 fully saturated rings. The molecule has 1 atom stereocenters. The molecule has 0 aliphatic carbocycles. The van der Waals surface area contributed by atoms with Crippen molar-refractivity contribution in [3.8, 4) is 0 Å². The Morgan fingerprint density at radius 3 is 2.53 bits per heavy atom. The van der Waals surface area contributed by atoms with Crippen LogP contribution in [-0.2, 0) is 14.8 Å². The lowest BCUT2D eigenvalue weighted by Crippen LogP contribution is -2.45. The molecule has 0 saturated carbocycles. The summed E-state index contributed by atoms with van der Waals surface area (Å²) in [5.74, 6) is -0.291. The first kappa shape index (κ1) is 15.5. The molecule has 1 unspecified atom stereocenters. The van der Waals surface area contributed by atoms with Crippen LogP contribution in [-0.4, -0.2) is 38.9 Å². The first-order chi connectivity index (χ1) is 8.79. The smallest absolute Gasteiger partial charge is 0.243 e. The zero-order valence-corrected chi connectivity index (χ0v) is 12.1. The van der Waals surface area contributed by atoms with E-state index in [2.05, 4.69) is 4.72 Å². The molecule has 19 heavy (non-hydrogen) atoms. The molecule has 0 heterocycles. The second-order valence-corrected chi connectivity index (χ2v) is 5.92. The molecule has 6 nitrogen and oxygen atoms in total. The van der Waals surface area contributed by atoms with E-state index in [1.807, 2.05) is 6.92 Å². The molecular weight excluding hydrogens is 266 g/mol. The van der Waals surface area contributed by atoms with Gasteiger partial charge in [0.25, 0.3) is 0 Å². The van der Waals surface area contributed by atoms with Gasteiger partial charge in [-0.2, -0.15) is 4.72 Å². The Morgan fingerprint density at radius 2 is 2.00 bits per heavy atom. The predicted octanol–water partition coefficient (Wildman–Crippen LogP) is 0.414. The maximum absolute atomic E-state index is 12.1. The number of carbonyl (C=O) groups excluding carboxylic acids is 1. The number of carbonyl (C=O) groups is 1. The van der Waals surface area contributed by atoms with Gasteiger partial charge in [-0.15, -0.1) is 0 Å². The molecule has 0 spiro atoms. The summed E-state index contributed by atoms with van der Waals surface area (Å²) in [6.45, 7) is 3.83. The van der Waals surface area contributed by atoms with Crippen LogP contribution in [0.3, 0.4) is 0 Å². The van der Waals surface area contributed by atoms with Gasteiger partial charge in [-0.3, -0.25) is 4.79 Å². The lowest BCUT2D eigenvalue weighted by atomic mass is 10.3. The van der Waals surface area contributed by atoms with E-state index < -0.39 is 16.1 Å². The molecule has 1 rings (SSSR count). The summed E-state index contributed by atoms with van der Waals surface area (Å²) in [6.07, 6.45) is 0. The van der Waals surface area contributed by atoms with Gasteiger partial charge in [0.15, 0.2) is 0 Å². The first-order valence-corrected chi connectivity index (χ1v) is 7.39. The number of nitrogens with two attached hydrogens (primary N) is 1. The van der Waals surface area contributed by atoms with E-state index in [4.69, 9.17) is 5.73 Å². The van der Waals surface area contributed by atoms with Crippen molar-refractivity contribution in [3.05, 3.63) is 24.3 Å². The van der Waals surface area contributed by atoms with Crippen molar-refractivity contribution in [1.82, 2.24) is 9.62 Å². The quantitative estimate of drug-likeness (QED) is 0.767. The molecule has 0 aromatic heterocycles. The molecule has 0 bridgehead atoms. The number of nitrogens with zero attached hydrogens (tertiary/aromatic N) is 1. The fourth-order valence-electron chi connectivity index (χ4n) is 1.56. The average Bonchev–Trinajstić information content (AvgIpc) is 2.36. The SMILES string of the molecule is CCN(C)C(=O)C(C)NS(=O)(=O)c1ccccc1N. The Kier molecular flexibility index (Phi) is 4.90. The monoisotopic (exact) mass is 285 g/mol. The van der Waals surface area contributed by atoms with Crippen LogP contribution in [0.4, 0.5) is 5.69 Å². The highest BCUT2D eigenvalue weighted by molar-refractivity contribution is 7.89. The molecule has 1 aromatic rings. The molecule has 0 aliphatic heterocycles. The van der Waals surface area contributed by atoms with Crippen LogP contribution in [0.15, 0.2) is 29.2 Å². The molecule has 3 N–H and O–H groups in total. The number of hydrogen-bond donors (Lipinski definition) is 2. The number of anilines is 1. The van der Waals surface area contributed by atoms with Crippen LogP contribution < -0.4 is 10.5 Å². The number of sulfonamides is 1. The number of rotatable bonds is 5. The van der Waals surface area contributed by atoms with Crippen LogP contribution in [0, 0.1) is 0 Å². The molecule has 0 saturated heterocycles. The summed E-state index contributed by atoms with van der Waals surface area (Å²) in [6, 6.07) is 5.29. The molecule has 1 amide bonds. The Labute approximate surface area is 113 Å². The van der Waals surface area contributed by atoms with Gasteiger partial charge in [-0.25, -0.2) is 8.42 Å². The summed E-state index contributed by atoms with van der Waals surface area (Å²) in [4.78, 5) is 13.3. The molecule has 1 aromatic carbocycles. The largest absolute Gasteiger partial charge is 0.398 e. The van der Waals surface area contributed by atoms with Gasteiger partial charge >= 0.3 is 0 Å². The van der Waals surface area contributed by atoms with Crippen molar-refractivity contribution in [1.29, 1.82) is 0 Å². The zero-order valence-electron chi connectivity index (χ0n) is 11.3. The predicted molar refractivity (Wildman–Crippen MR) is 73.9 cm³/mol. The molecule has 0 aliphatic rings. The number of hydrogen-bond acceptors (Lipinski definition) is 4. The highest BCUT2D eigenvalue weighted by Crippen LogP contribution is 2.17. The average molecular weight is 285 g/mol. The molecular formula is C12H19N3O3S. The molecule has 106 valence electrons. The van der Waals surface area contributed by atoms with Crippen molar-refractivity contribution in [3.63, 3.8) is 0 Å². The normalized spacial score (nSPS) is 13.0. The van der Waals surface area contributed by atoms with Crippen molar-refractivity contribution in [2.45, 2.75) is 24.8 Å². The fraction of sp³-hybridized carbons (Fsp3) is 0.417. The van der Waals surface area contributed by atoms with Gasteiger partial charge in [0, 0.05) is 13.6 Å². The van der Waals surface area contributed by atoms with E-state index in [9.17, 15) is 13.2 Å². The Balaban J connectivity index is 2.93. The number of amides is 1. The summed E-state index contributed by atoms with van der Waals surface area (Å²) in [5.41, 5.74) is 5.78. The fourth-order valence-corrected chi connectivity index (χ4v) is 2.89. The summed E-state index contributed by atoms with van der Waals surface area (Å²) < 4.78 is 26.6. The third-order valence-corrected chi connectivity index (χ3v) is 4.38. The Bertz CT molecular complexity index is 557. The van der Waals surface area contributed by atoms with E-state index in [0.29, 0.717) is 6.54 Å². The van der Waals surface area contributed by atoms with Crippen LogP contribution in [0.2, 0.25) is 0 Å². The van der Waals surface area contributed by atoms with Crippen molar-refractivity contribution < 1.29 is 13.2 Å². The van der Waals surface area contributed by atoms with Crippen LogP contribution in [0.1, 0.15) is 13.8 Å². The number of para-hydroxylation sites is 1. The number of nitrogens with one attached hydrogen (secondary N) is 1. The lowest BCUT2D eigenvalue weighted by molar-refractivity contribution is -0.131. The minimum absolute atomic E-state index is 0.0196. The van der Waals surface area contributed by atoms with E-state index in [1.165, 1.54) is 24.0 Å². The second-order valence-electron chi connectivity index (χ2n) is 4.23. The summed E-state index contributed by atoms with van der Waals surface area (Å²) >= 11 is 0. The van der Waals surface area contributed by atoms with Gasteiger partial charge in [0.1, 0.15) is 4.90 Å². The molecule has 7 heteroatoms. The summed E-state index contributed by atoms with van der Waals surface area (Å²) in [5, 5.41) is 0. The van der Waals surface area contributed by atoms with Gasteiger partial charge in [-0.05, 0) is 26.0 Å². The molecule has 0 radical (unpaired) electrons. The van der Waals surface area contributed by atoms with Crippen LogP contribution in [0.5, 0.6) is 0 Å². The van der Waals surface area contributed by atoms with E-state index in [0.717, 1.165) is 0 Å². The minimum Gasteiger partial charge on any atom is -0.398 e. The maximum atomic E-state index is 12.1. The summed E-state index contributed by atoms with van der Waals surface area (Å²) in [7, 11) is -2.18. The number of nitrogen functional groups attached to an aromatic ring is 1. The third-order valence-electron chi connectivity index (χ3n) is 2.76. The van der Waals surface area contributed by atoms with E-state index in [-0.39, 0.29) is 16.5 Å². The lowest BCUT2D eigenvalue weighted by Gasteiger charge is -2.20. The topological polar surface area (TPSA) is 92.5 Å². The zero-order chi connectivity index (χ0) is 14.6. The van der Waals surface area contributed by atoms with Gasteiger partial charge in [0.2, 0.25) is 15.9 Å². The van der Waals surface area contributed by atoms with Crippen molar-refractivity contribution >= 4 is 21.6 Å². The highest BCUT2D eigenvalue weighted by atomic mass is 32.2. The highest BCUT2D eigenvalue weighted by Gasteiger charge is 2.24. The van der Waals surface area contributed by atoms with Gasteiger partial charge < -0.3 is 10.6 Å². The van der Waals surface area contributed by atoms with Crippen molar-refractivity contribution in [2.24, 2.45) is 0 Å².